The lowest BCUT2D eigenvalue weighted by Gasteiger charge is -2.21. The molecule has 1 aliphatic rings. The molecule has 3 atom stereocenters. The Kier molecular flexibility index (Phi) is 21.5. The zero-order valence-electron chi connectivity index (χ0n) is 51.2. The molecule has 486 valence electrons. The molecule has 0 saturated heterocycles. The number of carboxylic acid groups (broad SMARTS) is 1. The number of fused-ring (bicyclic) bond motifs is 3. The molecule has 13 rings (SSSR count). The summed E-state index contributed by atoms with van der Waals surface area (Å²) in [5.74, 6) is -1.77. The van der Waals surface area contributed by atoms with Crippen LogP contribution in [0.3, 0.4) is 0 Å². The quantitative estimate of drug-likeness (QED) is 0.0597. The summed E-state index contributed by atoms with van der Waals surface area (Å²) in [5.41, 5.74) is 27.1. The molecule has 0 bridgehead atoms. The van der Waals surface area contributed by atoms with E-state index >= 15 is 0 Å². The lowest BCUT2D eigenvalue weighted by molar-refractivity contribution is 0.0690. The minimum absolute atomic E-state index is 0.00123. The Hall–Kier alpha value is -10.2. The van der Waals surface area contributed by atoms with Crippen LogP contribution in [0, 0.1) is 0 Å². The third-order valence-electron chi connectivity index (χ3n) is 15.2. The summed E-state index contributed by atoms with van der Waals surface area (Å²) in [6.07, 6.45) is 6.46. The maximum atomic E-state index is 13.5. The zero-order chi connectivity index (χ0) is 68.6. The Morgan fingerprint density at radius 2 is 0.823 bits per heavy atom. The molecule has 11 N–H and O–H groups in total. The number of nitrogens with zero attached hydrogens (tertiary/aromatic N) is 9. The number of halogens is 5. The van der Waals surface area contributed by atoms with E-state index in [0.717, 1.165) is 35.3 Å². The Bertz CT molecular complexity index is 5140. The lowest BCUT2D eigenvalue weighted by Crippen LogP contribution is -2.33. The standard InChI is InChI=1S/C25H22ClN5O2.C22H17BrClN5O2.C17H15ClN2O.C5H4BrN3O2/c1-14(29-24(32)22-23(27)28-13-19(30-22)15-10-11-15)20-12-16-6-5-9-18(26)21(16)25(33)31(20)17-7-3-2-4-8-17;1-12(27-21(30)19-20(25)26-11-17(23)28-19)16-10-13-6-5-9-15(24)18(13)22(31)29(16)14-7-3-2-4-8-14;1-11(19)15-10-12-6-5-9-14(18)16(12)17(21)20(15)13-7-3-2-4-8-13;6-2-1-8-4(7)3(9-2)5(10)11/h2-9,12-15H,10-11H2,1H3,(H2,27,28)(H,29,32);2-12H,1H3,(H2,25,26)(H,27,30);2-11H,19H2,1H3;1H,(H2,7,8)(H,10,11)/t14-;12-;11-;/m000./s1. The Labute approximate surface area is 579 Å². The predicted molar refractivity (Wildman–Crippen MR) is 382 cm³/mol. The van der Waals surface area contributed by atoms with E-state index in [2.05, 4.69) is 72.4 Å². The first-order valence-electron chi connectivity index (χ1n) is 29.5. The molecule has 1 fully saturated rings. The number of rotatable bonds is 12. The van der Waals surface area contributed by atoms with E-state index < -0.39 is 29.9 Å². The highest BCUT2D eigenvalue weighted by molar-refractivity contribution is 9.10. The van der Waals surface area contributed by atoms with Gasteiger partial charge in [0, 0.05) is 46.1 Å². The first-order chi connectivity index (χ1) is 46.0. The fraction of sp³-hybridized carbons (Fsp3) is 0.130. The SMILES string of the molecule is C[C@H](N)c1cc2cccc(Cl)c2c(=O)n1-c1ccccc1.C[C@H](NC(=O)c1nc(Br)cnc1N)c1cc2cccc(Cl)c2c(=O)n1-c1ccccc1.C[C@H](NC(=O)c1nc(C2CC2)cnc1N)c1cc2cccc(Cl)c2c(=O)n1-c1ccccc1.Nc1ncc(Br)nc1C(=O)O. The molecule has 6 heterocycles. The maximum Gasteiger partial charge on any atom is 0.358 e. The highest BCUT2D eigenvalue weighted by Crippen LogP contribution is 2.39. The van der Waals surface area contributed by atoms with Crippen LogP contribution in [-0.4, -0.2) is 66.5 Å². The molecule has 6 aromatic carbocycles. The van der Waals surface area contributed by atoms with Crippen molar-refractivity contribution < 1.29 is 19.5 Å². The lowest BCUT2D eigenvalue weighted by atomic mass is 10.1. The predicted octanol–water partition coefficient (Wildman–Crippen LogP) is 12.8. The molecule has 12 aromatic rings. The topological polar surface area (TPSA) is 343 Å². The van der Waals surface area contributed by atoms with Crippen LogP contribution in [0.2, 0.25) is 15.1 Å². The third-order valence-corrected chi connectivity index (χ3v) is 16.9. The number of pyridine rings is 3. The van der Waals surface area contributed by atoms with Crippen molar-refractivity contribution in [1.82, 2.24) is 54.2 Å². The number of carboxylic acids is 1. The summed E-state index contributed by atoms with van der Waals surface area (Å²) in [6, 6.07) is 48.2. The van der Waals surface area contributed by atoms with Gasteiger partial charge in [-0.1, -0.05) is 126 Å². The van der Waals surface area contributed by atoms with Crippen molar-refractivity contribution in [2.24, 2.45) is 5.73 Å². The van der Waals surface area contributed by atoms with Crippen LogP contribution in [0.4, 0.5) is 17.5 Å². The summed E-state index contributed by atoms with van der Waals surface area (Å²) >= 11 is 25.1. The Balaban J connectivity index is 0.000000148. The van der Waals surface area contributed by atoms with Gasteiger partial charge in [0.15, 0.2) is 34.5 Å². The zero-order valence-corrected chi connectivity index (χ0v) is 56.6. The first-order valence-corrected chi connectivity index (χ1v) is 32.2. The van der Waals surface area contributed by atoms with E-state index in [1.165, 1.54) is 12.4 Å². The van der Waals surface area contributed by atoms with E-state index in [1.54, 1.807) is 57.2 Å². The summed E-state index contributed by atoms with van der Waals surface area (Å²) in [7, 11) is 0. The fourth-order valence-electron chi connectivity index (χ4n) is 10.4. The van der Waals surface area contributed by atoms with Gasteiger partial charge in [-0.15, -0.1) is 0 Å². The number of nitrogens with two attached hydrogens (primary N) is 4. The van der Waals surface area contributed by atoms with E-state index in [4.69, 9.17) is 62.8 Å². The molecular formula is C69H58Br2Cl3N15O7. The van der Waals surface area contributed by atoms with Gasteiger partial charge >= 0.3 is 5.97 Å². The number of para-hydroxylation sites is 3. The Morgan fingerprint density at radius 1 is 0.490 bits per heavy atom. The van der Waals surface area contributed by atoms with Crippen LogP contribution in [-0.2, 0) is 0 Å². The van der Waals surface area contributed by atoms with Gasteiger partial charge in [-0.3, -0.25) is 37.7 Å². The minimum Gasteiger partial charge on any atom is -0.476 e. The number of hydrogen-bond acceptors (Lipinski definition) is 16. The van der Waals surface area contributed by atoms with Crippen molar-refractivity contribution in [2.45, 2.75) is 57.7 Å². The highest BCUT2D eigenvalue weighted by atomic mass is 79.9. The van der Waals surface area contributed by atoms with Crippen LogP contribution >= 0.6 is 66.7 Å². The van der Waals surface area contributed by atoms with Crippen molar-refractivity contribution in [3.63, 3.8) is 0 Å². The number of amides is 2. The average Bonchev–Trinajstić information content (AvgIpc) is 0.832. The fourth-order valence-corrected chi connectivity index (χ4v) is 11.8. The average molecular weight is 1480 g/mol. The smallest absolute Gasteiger partial charge is 0.358 e. The normalized spacial score (nSPS) is 12.6. The number of carbonyl (C=O) groups is 3. The van der Waals surface area contributed by atoms with Gasteiger partial charge in [0.05, 0.1) is 67.6 Å². The second-order valence-corrected chi connectivity index (χ2v) is 24.7. The molecular weight excluding hydrogens is 1420 g/mol. The summed E-state index contributed by atoms with van der Waals surface area (Å²) in [5, 5.41) is 19.1. The monoisotopic (exact) mass is 1470 g/mol. The number of aromatic carboxylic acids is 1. The Morgan fingerprint density at radius 3 is 1.18 bits per heavy atom. The number of benzene rings is 6. The molecule has 2 amide bonds. The largest absolute Gasteiger partial charge is 0.476 e. The molecule has 0 spiro atoms. The van der Waals surface area contributed by atoms with Gasteiger partial charge in [-0.25, -0.2) is 34.7 Å². The minimum atomic E-state index is -1.18. The van der Waals surface area contributed by atoms with Gasteiger partial charge in [-0.05, 0) is 154 Å². The summed E-state index contributed by atoms with van der Waals surface area (Å²) in [4.78, 5) is 100. The number of nitrogen functional groups attached to an aromatic ring is 3. The number of hydrogen-bond donors (Lipinski definition) is 7. The second kappa shape index (κ2) is 30.0. The first kappa shape index (κ1) is 68.6. The molecule has 27 heteroatoms. The number of anilines is 3. The summed E-state index contributed by atoms with van der Waals surface area (Å²) in [6.45, 7) is 5.46. The molecule has 96 heavy (non-hydrogen) atoms. The van der Waals surface area contributed by atoms with E-state index in [9.17, 15) is 28.8 Å². The highest BCUT2D eigenvalue weighted by Gasteiger charge is 2.29. The maximum absolute atomic E-state index is 13.5. The van der Waals surface area contributed by atoms with E-state index in [0.29, 0.717) is 79.9 Å². The number of nitrogens with one attached hydrogen (secondary N) is 2. The van der Waals surface area contributed by atoms with Crippen molar-refractivity contribution in [1.29, 1.82) is 0 Å². The van der Waals surface area contributed by atoms with Crippen LogP contribution in [0.1, 0.15) is 112 Å². The van der Waals surface area contributed by atoms with Gasteiger partial charge in [0.2, 0.25) is 0 Å². The van der Waals surface area contributed by atoms with Crippen LogP contribution in [0.5, 0.6) is 0 Å². The molecule has 0 unspecified atom stereocenters. The number of carbonyl (C=O) groups excluding carboxylic acids is 2. The molecule has 1 aliphatic carbocycles. The molecule has 0 aliphatic heterocycles. The molecule has 0 radical (unpaired) electrons. The van der Waals surface area contributed by atoms with Crippen molar-refractivity contribution in [3.8, 4) is 17.1 Å². The summed E-state index contributed by atoms with van der Waals surface area (Å²) < 4.78 is 5.51. The van der Waals surface area contributed by atoms with E-state index in [1.807, 2.05) is 147 Å². The van der Waals surface area contributed by atoms with Crippen molar-refractivity contribution in [3.05, 3.63) is 278 Å². The van der Waals surface area contributed by atoms with Crippen molar-refractivity contribution in [2.75, 3.05) is 17.2 Å². The van der Waals surface area contributed by atoms with Gasteiger partial charge in [0.1, 0.15) is 9.21 Å². The second-order valence-electron chi connectivity index (χ2n) is 21.9. The van der Waals surface area contributed by atoms with Crippen LogP contribution < -0.4 is 50.2 Å². The van der Waals surface area contributed by atoms with Gasteiger partial charge in [-0.2, -0.15) is 0 Å². The van der Waals surface area contributed by atoms with E-state index in [-0.39, 0.29) is 57.3 Å². The molecule has 1 saturated carbocycles. The third kappa shape index (κ3) is 15.3. The van der Waals surface area contributed by atoms with Crippen molar-refractivity contribution >= 4 is 134 Å². The molecule has 6 aromatic heterocycles. The van der Waals surface area contributed by atoms with Crippen LogP contribution in [0.15, 0.2) is 206 Å². The van der Waals surface area contributed by atoms with Gasteiger partial charge in [0.25, 0.3) is 28.5 Å². The van der Waals surface area contributed by atoms with Crippen LogP contribution in [0.25, 0.3) is 49.4 Å². The van der Waals surface area contributed by atoms with Gasteiger partial charge < -0.3 is 38.7 Å². The molecule has 22 nitrogen and oxygen atoms in total. The number of aromatic nitrogens is 9.